The second kappa shape index (κ2) is 7.94. The van der Waals surface area contributed by atoms with Crippen LogP contribution in [0.5, 0.6) is 0 Å². The maximum atomic E-state index is 12.8. The monoisotopic (exact) mass is 360 g/mol. The molecule has 0 radical (unpaired) electrons. The zero-order valence-corrected chi connectivity index (χ0v) is 14.6. The van der Waals surface area contributed by atoms with Gasteiger partial charge in [-0.2, -0.15) is 0 Å². The molecule has 3 rings (SSSR count). The van der Waals surface area contributed by atoms with Gasteiger partial charge in [-0.3, -0.25) is 24.6 Å². The van der Waals surface area contributed by atoms with E-state index in [1.165, 1.54) is 0 Å². The van der Waals surface area contributed by atoms with Gasteiger partial charge in [0, 0.05) is 44.7 Å². The Balaban J connectivity index is 1.74. The number of nitrogens with two attached hydrogens (primary N) is 1. The lowest BCUT2D eigenvalue weighted by molar-refractivity contribution is -0.136. The fraction of sp³-hybridized carbons (Fsp3) is 0.500. The van der Waals surface area contributed by atoms with Crippen molar-refractivity contribution in [1.82, 2.24) is 15.1 Å². The Morgan fingerprint density at radius 3 is 2.77 bits per heavy atom. The fourth-order valence-electron chi connectivity index (χ4n) is 3.55. The Kier molecular flexibility index (Phi) is 5.65. The van der Waals surface area contributed by atoms with Crippen molar-refractivity contribution in [2.45, 2.75) is 32.0 Å². The van der Waals surface area contributed by atoms with E-state index in [9.17, 15) is 14.4 Å². The second-order valence-electron chi connectivity index (χ2n) is 6.68. The molecule has 1 saturated heterocycles. The average molecular weight is 360 g/mol. The molecule has 4 N–H and O–H groups in total. The highest BCUT2D eigenvalue weighted by Crippen LogP contribution is 2.28. The molecule has 2 heterocycles. The van der Waals surface area contributed by atoms with Gasteiger partial charge >= 0.3 is 0 Å². The normalized spacial score (nSPS) is 19.9. The van der Waals surface area contributed by atoms with Gasteiger partial charge in [0.2, 0.25) is 11.8 Å². The number of hydrogen-bond acceptors (Lipinski definition) is 6. The summed E-state index contributed by atoms with van der Waals surface area (Å²) in [7, 11) is 0. The third-order valence-electron chi connectivity index (χ3n) is 4.86. The van der Waals surface area contributed by atoms with Crippen molar-refractivity contribution in [2.24, 2.45) is 5.73 Å². The molecular formula is C18H24N4O4. The van der Waals surface area contributed by atoms with Gasteiger partial charge in [0.25, 0.3) is 5.91 Å². The quantitative estimate of drug-likeness (QED) is 0.548. The minimum Gasteiger partial charge on any atom is -0.395 e. The van der Waals surface area contributed by atoms with Crippen LogP contribution in [-0.2, 0) is 22.7 Å². The van der Waals surface area contributed by atoms with E-state index < -0.39 is 11.9 Å². The van der Waals surface area contributed by atoms with E-state index >= 15 is 0 Å². The summed E-state index contributed by atoms with van der Waals surface area (Å²) in [6.45, 7) is 2.69. The van der Waals surface area contributed by atoms with E-state index in [0.717, 1.165) is 11.1 Å². The maximum Gasteiger partial charge on any atom is 0.255 e. The summed E-state index contributed by atoms with van der Waals surface area (Å²) in [5.74, 6) is -0.870. The number of imide groups is 1. The molecule has 1 unspecified atom stereocenters. The summed E-state index contributed by atoms with van der Waals surface area (Å²) in [6, 6.07) is 5.12. The smallest absolute Gasteiger partial charge is 0.255 e. The molecule has 1 fully saturated rings. The zero-order chi connectivity index (χ0) is 18.7. The summed E-state index contributed by atoms with van der Waals surface area (Å²) in [5.41, 5.74) is 8.05. The average Bonchev–Trinajstić information content (AvgIpc) is 2.92. The van der Waals surface area contributed by atoms with Crippen LogP contribution in [0.1, 0.15) is 34.3 Å². The number of rotatable bonds is 7. The molecule has 8 heteroatoms. The molecule has 0 bridgehead atoms. The Hall–Kier alpha value is -2.29. The van der Waals surface area contributed by atoms with Crippen LogP contribution in [-0.4, -0.2) is 64.9 Å². The molecule has 0 spiro atoms. The molecule has 1 aromatic carbocycles. The highest BCUT2D eigenvalue weighted by molar-refractivity contribution is 6.05. The highest BCUT2D eigenvalue weighted by atomic mass is 16.3. The van der Waals surface area contributed by atoms with E-state index in [4.69, 9.17) is 10.8 Å². The lowest BCUT2D eigenvalue weighted by Gasteiger charge is -2.29. The topological polar surface area (TPSA) is 116 Å². The first-order valence-electron chi connectivity index (χ1n) is 8.83. The first kappa shape index (κ1) is 18.5. The van der Waals surface area contributed by atoms with E-state index in [1.54, 1.807) is 4.90 Å². The van der Waals surface area contributed by atoms with E-state index in [-0.39, 0.29) is 24.8 Å². The van der Waals surface area contributed by atoms with Crippen LogP contribution in [0.4, 0.5) is 0 Å². The van der Waals surface area contributed by atoms with E-state index in [0.29, 0.717) is 44.7 Å². The van der Waals surface area contributed by atoms with Gasteiger partial charge in [0.15, 0.2) is 0 Å². The van der Waals surface area contributed by atoms with Crippen LogP contribution < -0.4 is 11.1 Å². The molecule has 2 aliphatic heterocycles. The number of fused-ring (bicyclic) bond motifs is 1. The summed E-state index contributed by atoms with van der Waals surface area (Å²) < 4.78 is 0. The van der Waals surface area contributed by atoms with Crippen LogP contribution in [0.25, 0.3) is 0 Å². The molecule has 140 valence electrons. The number of amides is 3. The number of nitrogens with one attached hydrogen (secondary N) is 1. The fourth-order valence-corrected chi connectivity index (χ4v) is 3.55. The third kappa shape index (κ3) is 3.77. The second-order valence-corrected chi connectivity index (χ2v) is 6.68. The van der Waals surface area contributed by atoms with Crippen molar-refractivity contribution in [3.05, 3.63) is 34.9 Å². The van der Waals surface area contributed by atoms with Crippen LogP contribution in [0.2, 0.25) is 0 Å². The molecule has 2 aliphatic rings. The predicted molar refractivity (Wildman–Crippen MR) is 93.9 cm³/mol. The first-order valence-corrected chi connectivity index (χ1v) is 8.83. The van der Waals surface area contributed by atoms with Crippen molar-refractivity contribution >= 4 is 17.7 Å². The van der Waals surface area contributed by atoms with Crippen molar-refractivity contribution in [2.75, 3.05) is 26.2 Å². The number of aliphatic hydroxyl groups is 1. The van der Waals surface area contributed by atoms with Crippen molar-refractivity contribution in [3.63, 3.8) is 0 Å². The number of piperidine rings is 1. The number of aliphatic hydroxyl groups excluding tert-OH is 1. The Bertz CT molecular complexity index is 715. The molecule has 1 aromatic rings. The SMILES string of the molecule is NCCN(CCO)Cc1ccc2c(c1)C(=O)N(C1CCC(=O)NC1=O)C2. The Labute approximate surface area is 151 Å². The molecule has 1 atom stereocenters. The van der Waals surface area contributed by atoms with Crippen molar-refractivity contribution in [3.8, 4) is 0 Å². The number of carbonyl (C=O) groups excluding carboxylic acids is 3. The third-order valence-corrected chi connectivity index (χ3v) is 4.86. The highest BCUT2D eigenvalue weighted by Gasteiger charge is 2.39. The lowest BCUT2D eigenvalue weighted by atomic mass is 10.0. The van der Waals surface area contributed by atoms with Crippen LogP contribution >= 0.6 is 0 Å². The van der Waals surface area contributed by atoms with Gasteiger partial charge in [-0.05, 0) is 23.6 Å². The van der Waals surface area contributed by atoms with E-state index in [1.807, 2.05) is 23.1 Å². The van der Waals surface area contributed by atoms with Gasteiger partial charge in [-0.25, -0.2) is 0 Å². The minimum atomic E-state index is -0.598. The summed E-state index contributed by atoms with van der Waals surface area (Å²) in [6.07, 6.45) is 0.606. The van der Waals surface area contributed by atoms with E-state index in [2.05, 4.69) is 5.32 Å². The van der Waals surface area contributed by atoms with Gasteiger partial charge in [-0.1, -0.05) is 12.1 Å². The van der Waals surface area contributed by atoms with Crippen LogP contribution in [0.3, 0.4) is 0 Å². The Morgan fingerprint density at radius 1 is 1.27 bits per heavy atom. The molecule has 0 saturated carbocycles. The summed E-state index contributed by atoms with van der Waals surface area (Å²) >= 11 is 0. The number of nitrogens with zero attached hydrogens (tertiary/aromatic N) is 2. The standard InChI is InChI=1S/C18H24N4O4/c19-5-6-21(7-8-23)10-12-1-2-13-11-22(18(26)14(13)9-12)15-3-4-16(24)20-17(15)25/h1-2,9,15,23H,3-8,10-11,19H2,(H,20,24,25). The van der Waals surface area contributed by atoms with Gasteiger partial charge < -0.3 is 15.7 Å². The Morgan fingerprint density at radius 2 is 2.08 bits per heavy atom. The van der Waals surface area contributed by atoms with Gasteiger partial charge in [-0.15, -0.1) is 0 Å². The predicted octanol–water partition coefficient (Wildman–Crippen LogP) is -0.799. The largest absolute Gasteiger partial charge is 0.395 e. The first-order chi connectivity index (χ1) is 12.5. The molecule has 0 aliphatic carbocycles. The molecule has 0 aromatic heterocycles. The van der Waals surface area contributed by atoms with Crippen molar-refractivity contribution in [1.29, 1.82) is 0 Å². The molecule has 8 nitrogen and oxygen atoms in total. The minimum absolute atomic E-state index is 0.0488. The van der Waals surface area contributed by atoms with Crippen molar-refractivity contribution < 1.29 is 19.5 Å². The number of hydrogen-bond donors (Lipinski definition) is 3. The lowest BCUT2D eigenvalue weighted by Crippen LogP contribution is -2.52. The van der Waals surface area contributed by atoms with Gasteiger partial charge in [0.05, 0.1) is 6.61 Å². The zero-order valence-electron chi connectivity index (χ0n) is 14.6. The molecule has 3 amide bonds. The van der Waals surface area contributed by atoms with Crippen LogP contribution in [0, 0.1) is 0 Å². The summed E-state index contributed by atoms with van der Waals surface area (Å²) in [4.78, 5) is 39.8. The summed E-state index contributed by atoms with van der Waals surface area (Å²) in [5, 5.41) is 11.5. The number of benzene rings is 1. The maximum absolute atomic E-state index is 12.8. The van der Waals surface area contributed by atoms with Crippen LogP contribution in [0.15, 0.2) is 18.2 Å². The van der Waals surface area contributed by atoms with Gasteiger partial charge in [0.1, 0.15) is 6.04 Å². The number of carbonyl (C=O) groups is 3. The molecule has 26 heavy (non-hydrogen) atoms. The molecular weight excluding hydrogens is 336 g/mol.